The van der Waals surface area contributed by atoms with Gasteiger partial charge in [-0.3, -0.25) is 9.36 Å². The van der Waals surface area contributed by atoms with Crippen LogP contribution in [0.15, 0.2) is 39.3 Å². The number of aromatic hydroxyl groups is 1. The Balaban J connectivity index is 2.50. The highest BCUT2D eigenvalue weighted by Crippen LogP contribution is 2.27. The summed E-state index contributed by atoms with van der Waals surface area (Å²) in [5.41, 5.74) is 1.87. The number of nitrogens with zero attached hydrogens (tertiary/aromatic N) is 4. The van der Waals surface area contributed by atoms with Crippen molar-refractivity contribution in [2.45, 2.75) is 46.6 Å². The largest absolute Gasteiger partial charge is 0.493 e. The van der Waals surface area contributed by atoms with Crippen molar-refractivity contribution in [1.82, 2.24) is 4.57 Å². The molecule has 130 valence electrons. The topological polar surface area (TPSA) is 90.7 Å². The minimum absolute atomic E-state index is 0.0611. The van der Waals surface area contributed by atoms with Crippen LogP contribution in [0.5, 0.6) is 5.88 Å². The van der Waals surface area contributed by atoms with Gasteiger partial charge in [-0.05, 0) is 37.5 Å². The molecule has 1 aromatic heterocycles. The zero-order valence-electron chi connectivity index (χ0n) is 14.8. The van der Waals surface area contributed by atoms with Crippen molar-refractivity contribution >= 4 is 11.4 Å². The number of unbranched alkanes of at least 4 members (excludes halogenated alkanes) is 1. The van der Waals surface area contributed by atoms with Crippen LogP contribution in [0.1, 0.15) is 43.4 Å². The average molecular weight is 338 g/mol. The molecule has 0 aliphatic rings. The van der Waals surface area contributed by atoms with Gasteiger partial charge in [0, 0.05) is 12.1 Å². The first kappa shape index (κ1) is 18.4. The Morgan fingerprint density at radius 2 is 1.88 bits per heavy atom. The molecule has 2 aromatic rings. The number of azo groups is 1. The van der Waals surface area contributed by atoms with Gasteiger partial charge in [0.15, 0.2) is 5.69 Å². The van der Waals surface area contributed by atoms with E-state index in [1.165, 1.54) is 10.1 Å². The Morgan fingerprint density at radius 3 is 2.44 bits per heavy atom. The first-order valence-corrected chi connectivity index (χ1v) is 8.40. The Labute approximate surface area is 147 Å². The Bertz CT molecular complexity index is 874. The molecular formula is C19H22N4O2. The zero-order valence-corrected chi connectivity index (χ0v) is 14.8. The summed E-state index contributed by atoms with van der Waals surface area (Å²) in [5.74, 6) is -0.301. The van der Waals surface area contributed by atoms with Gasteiger partial charge in [-0.2, -0.15) is 10.4 Å². The van der Waals surface area contributed by atoms with E-state index in [-0.39, 0.29) is 17.1 Å². The smallest absolute Gasteiger partial charge is 0.281 e. The molecule has 0 saturated heterocycles. The Morgan fingerprint density at radius 1 is 1.20 bits per heavy atom. The van der Waals surface area contributed by atoms with Gasteiger partial charge >= 0.3 is 0 Å². The molecular weight excluding hydrogens is 316 g/mol. The molecule has 0 radical (unpaired) electrons. The van der Waals surface area contributed by atoms with E-state index < -0.39 is 5.56 Å². The molecule has 0 fully saturated rings. The van der Waals surface area contributed by atoms with Gasteiger partial charge in [0.1, 0.15) is 11.6 Å². The van der Waals surface area contributed by atoms with Crippen LogP contribution in [-0.4, -0.2) is 9.67 Å². The molecule has 2 rings (SSSR count). The molecule has 6 heteroatoms. The third-order valence-corrected chi connectivity index (χ3v) is 4.11. The van der Waals surface area contributed by atoms with Gasteiger partial charge in [0.05, 0.1) is 5.69 Å². The van der Waals surface area contributed by atoms with Gasteiger partial charge < -0.3 is 5.11 Å². The van der Waals surface area contributed by atoms with Crippen LogP contribution in [0.25, 0.3) is 0 Å². The minimum atomic E-state index is -0.434. The molecule has 0 amide bonds. The van der Waals surface area contributed by atoms with E-state index in [1.807, 2.05) is 37.3 Å². The van der Waals surface area contributed by atoms with Crippen LogP contribution >= 0.6 is 0 Å². The molecule has 1 aromatic carbocycles. The minimum Gasteiger partial charge on any atom is -0.493 e. The highest BCUT2D eigenvalue weighted by atomic mass is 16.3. The first-order chi connectivity index (χ1) is 12.0. The number of rotatable bonds is 6. The highest BCUT2D eigenvalue weighted by Gasteiger charge is 2.18. The maximum atomic E-state index is 12.6. The summed E-state index contributed by atoms with van der Waals surface area (Å²) in [5, 5.41) is 27.7. The van der Waals surface area contributed by atoms with Crippen LogP contribution in [0.2, 0.25) is 0 Å². The molecule has 0 atom stereocenters. The van der Waals surface area contributed by atoms with Crippen LogP contribution in [0, 0.1) is 18.3 Å². The highest BCUT2D eigenvalue weighted by molar-refractivity contribution is 5.56. The van der Waals surface area contributed by atoms with Crippen LogP contribution in [0.4, 0.5) is 11.4 Å². The fourth-order valence-electron chi connectivity index (χ4n) is 2.49. The van der Waals surface area contributed by atoms with Gasteiger partial charge in [-0.15, -0.1) is 5.11 Å². The molecule has 1 N–H and O–H groups in total. The maximum Gasteiger partial charge on any atom is 0.281 e. The van der Waals surface area contributed by atoms with Crippen molar-refractivity contribution in [2.75, 3.05) is 0 Å². The molecule has 1 heterocycles. The number of hydrogen-bond donors (Lipinski definition) is 1. The van der Waals surface area contributed by atoms with Crippen molar-refractivity contribution < 1.29 is 5.11 Å². The number of hydrogen-bond acceptors (Lipinski definition) is 5. The number of pyridine rings is 1. The second-order valence-corrected chi connectivity index (χ2v) is 5.81. The average Bonchev–Trinajstić information content (AvgIpc) is 2.62. The summed E-state index contributed by atoms with van der Waals surface area (Å²) < 4.78 is 1.20. The number of aryl methyl sites for hydroxylation is 1. The summed E-state index contributed by atoms with van der Waals surface area (Å²) in [6.45, 7) is 5.99. The number of aromatic nitrogens is 1. The predicted octanol–water partition coefficient (Wildman–Crippen LogP) is 4.51. The van der Waals surface area contributed by atoms with E-state index in [0.717, 1.165) is 19.3 Å². The number of benzene rings is 1. The quantitative estimate of drug-likeness (QED) is 0.785. The van der Waals surface area contributed by atoms with Crippen LogP contribution in [0.3, 0.4) is 0 Å². The summed E-state index contributed by atoms with van der Waals surface area (Å²) in [4.78, 5) is 12.6. The van der Waals surface area contributed by atoms with Gasteiger partial charge in [-0.25, -0.2) is 0 Å². The van der Waals surface area contributed by atoms with E-state index in [2.05, 4.69) is 17.2 Å². The molecule has 0 aliphatic heterocycles. The Hall–Kier alpha value is -2.94. The lowest BCUT2D eigenvalue weighted by Gasteiger charge is -2.12. The lowest BCUT2D eigenvalue weighted by atomic mass is 10.1. The van der Waals surface area contributed by atoms with Gasteiger partial charge in [-0.1, -0.05) is 32.4 Å². The second kappa shape index (κ2) is 8.25. The predicted molar refractivity (Wildman–Crippen MR) is 96.7 cm³/mol. The van der Waals surface area contributed by atoms with Crippen molar-refractivity contribution in [3.05, 3.63) is 51.3 Å². The maximum absolute atomic E-state index is 12.6. The van der Waals surface area contributed by atoms with Crippen molar-refractivity contribution in [3.8, 4) is 11.9 Å². The normalized spacial score (nSPS) is 11.0. The standard InChI is InChI=1S/C19H22N4O2/c1-4-6-11-23-18(24)16(12-20)13(3)17(19(23)25)22-21-15-9-7-14(5-2)8-10-15/h7-10,24H,4-6,11H2,1-3H3. The van der Waals surface area contributed by atoms with E-state index >= 15 is 0 Å². The SMILES string of the molecule is CCCCn1c(O)c(C#N)c(C)c(N=Nc2ccc(CC)cc2)c1=O. The third kappa shape index (κ3) is 3.94. The fourth-order valence-corrected chi connectivity index (χ4v) is 2.49. The van der Waals surface area contributed by atoms with E-state index in [0.29, 0.717) is 17.8 Å². The Kier molecular flexibility index (Phi) is 6.07. The summed E-state index contributed by atoms with van der Waals surface area (Å²) >= 11 is 0. The van der Waals surface area contributed by atoms with Gasteiger partial charge in [0.25, 0.3) is 5.56 Å². The van der Waals surface area contributed by atoms with E-state index in [1.54, 1.807) is 6.92 Å². The fraction of sp³-hybridized carbons (Fsp3) is 0.368. The number of nitriles is 1. The van der Waals surface area contributed by atoms with E-state index in [4.69, 9.17) is 0 Å². The van der Waals surface area contributed by atoms with Gasteiger partial charge in [0.2, 0.25) is 5.88 Å². The molecule has 0 aliphatic carbocycles. The molecule has 25 heavy (non-hydrogen) atoms. The van der Waals surface area contributed by atoms with Crippen LogP contribution in [-0.2, 0) is 13.0 Å². The molecule has 6 nitrogen and oxygen atoms in total. The van der Waals surface area contributed by atoms with Crippen molar-refractivity contribution in [3.63, 3.8) is 0 Å². The van der Waals surface area contributed by atoms with Crippen LogP contribution < -0.4 is 5.56 Å². The summed E-state index contributed by atoms with van der Waals surface area (Å²) in [6.07, 6.45) is 2.51. The third-order valence-electron chi connectivity index (χ3n) is 4.11. The lowest BCUT2D eigenvalue weighted by molar-refractivity contribution is 0.399. The van der Waals surface area contributed by atoms with Crippen molar-refractivity contribution in [2.24, 2.45) is 10.2 Å². The summed E-state index contributed by atoms with van der Waals surface area (Å²) in [6, 6.07) is 9.53. The van der Waals surface area contributed by atoms with Crippen molar-refractivity contribution in [1.29, 1.82) is 5.26 Å². The lowest BCUT2D eigenvalue weighted by Crippen LogP contribution is -2.22. The monoisotopic (exact) mass is 338 g/mol. The molecule has 0 bridgehead atoms. The molecule has 0 unspecified atom stereocenters. The molecule has 0 saturated carbocycles. The molecule has 0 spiro atoms. The zero-order chi connectivity index (χ0) is 18.4. The van der Waals surface area contributed by atoms with E-state index in [9.17, 15) is 15.2 Å². The second-order valence-electron chi connectivity index (χ2n) is 5.81. The first-order valence-electron chi connectivity index (χ1n) is 8.40. The summed E-state index contributed by atoms with van der Waals surface area (Å²) in [7, 11) is 0.